The van der Waals surface area contributed by atoms with Crippen molar-refractivity contribution in [2.45, 2.75) is 64.1 Å². The normalized spacial score (nSPS) is 31.6. The van der Waals surface area contributed by atoms with E-state index in [1.54, 1.807) is 0 Å². The molecule has 0 bridgehead atoms. The minimum absolute atomic E-state index is 0.737. The average Bonchev–Trinajstić information content (AvgIpc) is 3.04. The fourth-order valence-corrected chi connectivity index (χ4v) is 2.68. The van der Waals surface area contributed by atoms with E-state index in [1.807, 2.05) is 0 Å². The lowest BCUT2D eigenvalue weighted by Gasteiger charge is -2.39. The van der Waals surface area contributed by atoms with Crippen LogP contribution in [0.2, 0.25) is 0 Å². The second-order valence-electron chi connectivity index (χ2n) is 5.71. The summed E-state index contributed by atoms with van der Waals surface area (Å²) >= 11 is 0. The van der Waals surface area contributed by atoms with Crippen molar-refractivity contribution in [2.75, 3.05) is 13.1 Å². The molecule has 2 aliphatic rings. The predicted molar refractivity (Wildman–Crippen MR) is 69.6 cm³/mol. The number of hydrogen-bond acceptors (Lipinski definition) is 2. The zero-order valence-corrected chi connectivity index (χ0v) is 10.8. The Kier molecular flexibility index (Phi) is 4.04. The first-order valence-electron chi connectivity index (χ1n) is 6.82. The molecule has 2 nitrogen and oxygen atoms in total. The highest BCUT2D eigenvalue weighted by atomic mass is 15.2. The summed E-state index contributed by atoms with van der Waals surface area (Å²) in [5.41, 5.74) is 1.35. The first kappa shape index (κ1) is 12.1. The van der Waals surface area contributed by atoms with Crippen LogP contribution in [0.5, 0.6) is 0 Å². The first-order valence-corrected chi connectivity index (χ1v) is 6.82. The minimum atomic E-state index is 0.737. The van der Waals surface area contributed by atoms with Gasteiger partial charge in [0.2, 0.25) is 0 Å². The molecule has 1 saturated heterocycles. The van der Waals surface area contributed by atoms with E-state index in [2.05, 4.69) is 30.6 Å². The molecule has 2 atom stereocenters. The van der Waals surface area contributed by atoms with Crippen LogP contribution in [0, 0.1) is 0 Å². The highest BCUT2D eigenvalue weighted by Crippen LogP contribution is 2.23. The largest absolute Gasteiger partial charge is 0.310 e. The molecule has 2 rings (SSSR count). The van der Waals surface area contributed by atoms with E-state index in [4.69, 9.17) is 0 Å². The fourth-order valence-electron chi connectivity index (χ4n) is 2.68. The molecule has 16 heavy (non-hydrogen) atoms. The number of likely N-dealkylation sites (tertiary alicyclic amines) is 1. The number of nitrogens with one attached hydrogen (secondary N) is 1. The van der Waals surface area contributed by atoms with E-state index in [9.17, 15) is 0 Å². The second-order valence-corrected chi connectivity index (χ2v) is 5.71. The summed E-state index contributed by atoms with van der Waals surface area (Å²) in [6.45, 7) is 11.0. The van der Waals surface area contributed by atoms with E-state index < -0.39 is 0 Å². The molecule has 1 aliphatic carbocycles. The van der Waals surface area contributed by atoms with Crippen molar-refractivity contribution >= 4 is 0 Å². The lowest BCUT2D eigenvalue weighted by atomic mass is 9.97. The molecule has 2 fully saturated rings. The van der Waals surface area contributed by atoms with Gasteiger partial charge in [-0.25, -0.2) is 0 Å². The smallest absolute Gasteiger partial charge is 0.0208 e. The van der Waals surface area contributed by atoms with Crippen LogP contribution in [-0.2, 0) is 0 Å². The van der Waals surface area contributed by atoms with Gasteiger partial charge in [-0.2, -0.15) is 0 Å². The molecule has 0 aromatic carbocycles. The summed E-state index contributed by atoms with van der Waals surface area (Å²) in [7, 11) is 0. The average molecular weight is 222 g/mol. The van der Waals surface area contributed by atoms with Crippen LogP contribution >= 0.6 is 0 Å². The SMILES string of the molecule is C=C(CNC1CC1)CN1[C@H](C)CCC[C@@H]1C. The molecule has 0 aromatic rings. The Balaban J connectivity index is 1.74. The van der Waals surface area contributed by atoms with Crippen LogP contribution in [-0.4, -0.2) is 36.1 Å². The standard InChI is InChI=1S/C14H26N2/c1-11(9-15-14-7-8-14)10-16-12(2)5-4-6-13(16)3/h12-15H,1,4-10H2,2-3H3/t12-,13+. The molecular weight excluding hydrogens is 196 g/mol. The molecule has 0 spiro atoms. The van der Waals surface area contributed by atoms with Crippen molar-refractivity contribution < 1.29 is 0 Å². The Morgan fingerprint density at radius 1 is 1.19 bits per heavy atom. The van der Waals surface area contributed by atoms with E-state index in [-0.39, 0.29) is 0 Å². The summed E-state index contributed by atoms with van der Waals surface area (Å²) in [6.07, 6.45) is 6.83. The van der Waals surface area contributed by atoms with Gasteiger partial charge < -0.3 is 5.32 Å². The lowest BCUT2D eigenvalue weighted by Crippen LogP contribution is -2.45. The van der Waals surface area contributed by atoms with Crippen LogP contribution in [0.15, 0.2) is 12.2 Å². The number of rotatable bonds is 5. The van der Waals surface area contributed by atoms with Crippen molar-refractivity contribution in [3.63, 3.8) is 0 Å². The Morgan fingerprint density at radius 2 is 1.81 bits per heavy atom. The van der Waals surface area contributed by atoms with Gasteiger partial charge in [0.05, 0.1) is 0 Å². The topological polar surface area (TPSA) is 15.3 Å². The van der Waals surface area contributed by atoms with Gasteiger partial charge in [0.25, 0.3) is 0 Å². The number of hydrogen-bond donors (Lipinski definition) is 1. The van der Waals surface area contributed by atoms with Crippen molar-refractivity contribution in [2.24, 2.45) is 0 Å². The van der Waals surface area contributed by atoms with Crippen molar-refractivity contribution in [1.29, 1.82) is 0 Å². The van der Waals surface area contributed by atoms with Crippen LogP contribution in [0.4, 0.5) is 0 Å². The molecule has 1 aliphatic heterocycles. The molecule has 1 saturated carbocycles. The zero-order valence-electron chi connectivity index (χ0n) is 10.8. The summed E-state index contributed by atoms with van der Waals surface area (Å²) in [4.78, 5) is 2.63. The molecule has 2 heteroatoms. The van der Waals surface area contributed by atoms with Gasteiger partial charge in [-0.05, 0) is 45.1 Å². The molecule has 0 aromatic heterocycles. The Labute approximate surface area is 100 Å². The van der Waals surface area contributed by atoms with Crippen molar-refractivity contribution in [3.05, 3.63) is 12.2 Å². The monoisotopic (exact) mass is 222 g/mol. The van der Waals surface area contributed by atoms with Crippen LogP contribution in [0.3, 0.4) is 0 Å². The van der Waals surface area contributed by atoms with E-state index in [0.717, 1.165) is 31.2 Å². The second kappa shape index (κ2) is 5.33. The third kappa shape index (κ3) is 3.33. The molecule has 0 radical (unpaired) electrons. The Bertz CT molecular complexity index is 235. The lowest BCUT2D eigenvalue weighted by molar-refractivity contribution is 0.115. The molecule has 0 unspecified atom stereocenters. The van der Waals surface area contributed by atoms with E-state index >= 15 is 0 Å². The predicted octanol–water partition coefficient (Wildman–Crippen LogP) is 2.56. The highest BCUT2D eigenvalue weighted by molar-refractivity contribution is 5.03. The summed E-state index contributed by atoms with van der Waals surface area (Å²) in [6, 6.07) is 2.27. The van der Waals surface area contributed by atoms with Gasteiger partial charge in [0, 0.05) is 31.2 Å². The molecular formula is C14H26N2. The van der Waals surface area contributed by atoms with E-state index in [0.29, 0.717) is 0 Å². The van der Waals surface area contributed by atoms with Gasteiger partial charge in [0.15, 0.2) is 0 Å². The van der Waals surface area contributed by atoms with Gasteiger partial charge >= 0.3 is 0 Å². The van der Waals surface area contributed by atoms with Crippen LogP contribution < -0.4 is 5.32 Å². The molecule has 92 valence electrons. The molecule has 1 N–H and O–H groups in total. The van der Waals surface area contributed by atoms with Gasteiger partial charge in [-0.3, -0.25) is 4.90 Å². The fraction of sp³-hybridized carbons (Fsp3) is 0.857. The minimum Gasteiger partial charge on any atom is -0.310 e. The third-order valence-electron chi connectivity index (χ3n) is 4.00. The zero-order chi connectivity index (χ0) is 11.5. The van der Waals surface area contributed by atoms with E-state index in [1.165, 1.54) is 37.7 Å². The first-order chi connectivity index (χ1) is 7.66. The number of nitrogens with zero attached hydrogens (tertiary/aromatic N) is 1. The quantitative estimate of drug-likeness (QED) is 0.719. The third-order valence-corrected chi connectivity index (χ3v) is 4.00. The maximum absolute atomic E-state index is 4.21. The maximum Gasteiger partial charge on any atom is 0.0208 e. The highest BCUT2D eigenvalue weighted by Gasteiger charge is 2.25. The van der Waals surface area contributed by atoms with Crippen molar-refractivity contribution in [1.82, 2.24) is 10.2 Å². The van der Waals surface area contributed by atoms with Gasteiger partial charge in [-0.15, -0.1) is 0 Å². The van der Waals surface area contributed by atoms with Crippen molar-refractivity contribution in [3.8, 4) is 0 Å². The number of piperidine rings is 1. The maximum atomic E-state index is 4.21. The summed E-state index contributed by atoms with van der Waals surface area (Å²) < 4.78 is 0. The Morgan fingerprint density at radius 3 is 2.38 bits per heavy atom. The summed E-state index contributed by atoms with van der Waals surface area (Å²) in [5.74, 6) is 0. The summed E-state index contributed by atoms with van der Waals surface area (Å²) in [5, 5.41) is 3.55. The van der Waals surface area contributed by atoms with Crippen LogP contribution in [0.1, 0.15) is 46.0 Å². The molecule has 0 amide bonds. The van der Waals surface area contributed by atoms with Gasteiger partial charge in [-0.1, -0.05) is 13.0 Å². The van der Waals surface area contributed by atoms with Crippen LogP contribution in [0.25, 0.3) is 0 Å². The van der Waals surface area contributed by atoms with Gasteiger partial charge in [0.1, 0.15) is 0 Å². The Hall–Kier alpha value is -0.340. The molecule has 1 heterocycles.